The van der Waals surface area contributed by atoms with Crippen LogP contribution in [0.15, 0.2) is 65.1 Å². The number of rotatable bonds is 9. The van der Waals surface area contributed by atoms with E-state index in [2.05, 4.69) is 10.6 Å². The third kappa shape index (κ3) is 5.80. The Morgan fingerprint density at radius 3 is 2.26 bits per heavy atom. The summed E-state index contributed by atoms with van der Waals surface area (Å²) >= 11 is 5.95. The summed E-state index contributed by atoms with van der Waals surface area (Å²) in [4.78, 5) is 12.2. The van der Waals surface area contributed by atoms with Crippen LogP contribution in [0.2, 0.25) is 5.02 Å². The first-order valence-corrected chi connectivity index (χ1v) is 13.6. The highest BCUT2D eigenvalue weighted by Gasteiger charge is 2.26. The Labute approximate surface area is 224 Å². The summed E-state index contributed by atoms with van der Waals surface area (Å²) in [5.41, 5.74) is 2.69. The predicted molar refractivity (Wildman–Crippen MR) is 147 cm³/mol. The van der Waals surface area contributed by atoms with E-state index in [-0.39, 0.29) is 35.1 Å². The number of amides is 1. The molecule has 12 heteroatoms. The minimum atomic E-state index is -3.75. The fourth-order valence-electron chi connectivity index (χ4n) is 3.84. The van der Waals surface area contributed by atoms with E-state index in [9.17, 15) is 18.3 Å². The number of fused-ring (bicyclic) bond motifs is 1. The largest absolute Gasteiger partial charge is 0.495 e. The van der Waals surface area contributed by atoms with Crippen molar-refractivity contribution in [3.05, 3.63) is 65.7 Å². The number of halogens is 1. The van der Waals surface area contributed by atoms with Gasteiger partial charge in [-0.3, -0.25) is 4.31 Å². The summed E-state index contributed by atoms with van der Waals surface area (Å²) in [5.74, 6) is 0.581. The van der Waals surface area contributed by atoms with E-state index in [4.69, 9.17) is 25.5 Å². The van der Waals surface area contributed by atoms with Crippen LogP contribution in [0, 0.1) is 0 Å². The lowest BCUT2D eigenvalue weighted by Gasteiger charge is -2.23. The van der Waals surface area contributed by atoms with Gasteiger partial charge in [-0.05, 0) is 54.6 Å². The minimum Gasteiger partial charge on any atom is -0.495 e. The van der Waals surface area contributed by atoms with Crippen LogP contribution in [0.25, 0.3) is 22.3 Å². The minimum absolute atomic E-state index is 0.135. The normalized spacial score (nSPS) is 11.3. The Kier molecular flexibility index (Phi) is 8.00. The second-order valence-electron chi connectivity index (χ2n) is 8.19. The second-order valence-corrected chi connectivity index (χ2v) is 10.5. The molecule has 0 aliphatic carbocycles. The van der Waals surface area contributed by atoms with Crippen molar-refractivity contribution in [2.45, 2.75) is 0 Å². The lowest BCUT2D eigenvalue weighted by Crippen LogP contribution is -2.32. The zero-order valence-corrected chi connectivity index (χ0v) is 22.4. The number of furan rings is 1. The van der Waals surface area contributed by atoms with Crippen LogP contribution < -0.4 is 24.4 Å². The quantitative estimate of drug-likeness (QED) is 0.262. The number of carbonyl (C=O) groups excluding carboxylic acids is 1. The van der Waals surface area contributed by atoms with Crippen molar-refractivity contribution >= 4 is 55.7 Å². The predicted octanol–water partition coefficient (Wildman–Crippen LogP) is 4.98. The van der Waals surface area contributed by atoms with E-state index in [1.54, 1.807) is 24.3 Å². The van der Waals surface area contributed by atoms with Crippen molar-refractivity contribution in [3.8, 4) is 22.8 Å². The van der Waals surface area contributed by atoms with Gasteiger partial charge in [0, 0.05) is 35.1 Å². The number of hydrogen-bond donors (Lipinski definition) is 3. The molecule has 1 aromatic heterocycles. The lowest BCUT2D eigenvalue weighted by molar-refractivity contribution is 0.203. The molecule has 0 saturated carbocycles. The highest BCUT2D eigenvalue weighted by Crippen LogP contribution is 2.45. The molecule has 0 radical (unpaired) electrons. The SMILES string of the molecule is CNC(=O)Oc1c(-c2ccc(Nc3ccc(Cl)cc3)cc2)oc2cc(N(CCO)S(C)(=O)=O)c(OC)cc12. The fourth-order valence-corrected chi connectivity index (χ4v) is 4.88. The molecule has 4 aromatic rings. The Morgan fingerprint density at radius 1 is 1.08 bits per heavy atom. The molecule has 0 aliphatic heterocycles. The van der Waals surface area contributed by atoms with E-state index < -0.39 is 22.7 Å². The summed E-state index contributed by atoms with van der Waals surface area (Å²) in [6.45, 7) is -0.586. The van der Waals surface area contributed by atoms with E-state index in [0.717, 1.165) is 21.9 Å². The average molecular weight is 560 g/mol. The second kappa shape index (κ2) is 11.2. The van der Waals surface area contributed by atoms with Crippen LogP contribution in [0.5, 0.6) is 11.5 Å². The third-order valence-electron chi connectivity index (χ3n) is 5.59. The summed E-state index contributed by atoms with van der Waals surface area (Å²) in [6.07, 6.45) is 0.315. The van der Waals surface area contributed by atoms with E-state index in [0.29, 0.717) is 16.0 Å². The van der Waals surface area contributed by atoms with Crippen LogP contribution in [-0.2, 0) is 10.0 Å². The number of hydrogen-bond acceptors (Lipinski definition) is 8. The van der Waals surface area contributed by atoms with Crippen molar-refractivity contribution in [3.63, 3.8) is 0 Å². The first-order chi connectivity index (χ1) is 18.1. The zero-order chi connectivity index (χ0) is 27.4. The van der Waals surface area contributed by atoms with E-state index in [1.165, 1.54) is 26.3 Å². The summed E-state index contributed by atoms with van der Waals surface area (Å²) in [6, 6.07) is 17.5. The summed E-state index contributed by atoms with van der Waals surface area (Å²) in [5, 5.41) is 16.2. The number of anilines is 3. The molecule has 0 atom stereocenters. The smallest absolute Gasteiger partial charge is 0.412 e. The molecule has 0 spiro atoms. The van der Waals surface area contributed by atoms with Crippen molar-refractivity contribution < 1.29 is 32.2 Å². The van der Waals surface area contributed by atoms with Gasteiger partial charge in [0.2, 0.25) is 10.0 Å². The van der Waals surface area contributed by atoms with Gasteiger partial charge in [0.15, 0.2) is 11.5 Å². The number of nitrogens with zero attached hydrogens (tertiary/aromatic N) is 1. The molecule has 200 valence electrons. The van der Waals surface area contributed by atoms with Gasteiger partial charge in [0.05, 0.1) is 37.6 Å². The number of ether oxygens (including phenoxy) is 2. The van der Waals surface area contributed by atoms with Crippen LogP contribution in [0.4, 0.5) is 21.9 Å². The van der Waals surface area contributed by atoms with Gasteiger partial charge in [-0.15, -0.1) is 0 Å². The first-order valence-electron chi connectivity index (χ1n) is 11.4. The maximum atomic E-state index is 12.4. The maximum Gasteiger partial charge on any atom is 0.412 e. The van der Waals surface area contributed by atoms with Gasteiger partial charge in [0.1, 0.15) is 11.3 Å². The van der Waals surface area contributed by atoms with Crippen molar-refractivity contribution in [1.82, 2.24) is 5.32 Å². The van der Waals surface area contributed by atoms with Gasteiger partial charge >= 0.3 is 6.09 Å². The van der Waals surface area contributed by atoms with Gasteiger partial charge < -0.3 is 29.6 Å². The highest BCUT2D eigenvalue weighted by atomic mass is 35.5. The average Bonchev–Trinajstić information content (AvgIpc) is 3.24. The van der Waals surface area contributed by atoms with Gasteiger partial charge in [-0.2, -0.15) is 0 Å². The van der Waals surface area contributed by atoms with Crippen LogP contribution >= 0.6 is 11.6 Å². The van der Waals surface area contributed by atoms with Crippen molar-refractivity contribution in [2.75, 3.05) is 43.2 Å². The molecular weight excluding hydrogens is 534 g/mol. The molecule has 3 aromatic carbocycles. The van der Waals surface area contributed by atoms with Crippen molar-refractivity contribution in [2.24, 2.45) is 0 Å². The van der Waals surface area contributed by atoms with Crippen LogP contribution in [0.3, 0.4) is 0 Å². The molecule has 38 heavy (non-hydrogen) atoms. The van der Waals surface area contributed by atoms with E-state index >= 15 is 0 Å². The molecule has 3 N–H and O–H groups in total. The third-order valence-corrected chi connectivity index (χ3v) is 7.03. The monoisotopic (exact) mass is 559 g/mol. The standard InChI is InChI=1S/C26H26ClN3O7S/c1-28-26(32)37-25-20-14-23(35-2)21(30(12-13-31)38(3,33)34)15-22(20)36-24(25)16-4-8-18(9-5-16)29-19-10-6-17(27)7-11-19/h4-11,14-15,29,31H,12-13H2,1-3H3,(H,28,32). The summed E-state index contributed by atoms with van der Waals surface area (Å²) < 4.78 is 43.0. The maximum absolute atomic E-state index is 12.4. The Bertz CT molecular complexity index is 1550. The van der Waals surface area contributed by atoms with Crippen molar-refractivity contribution in [1.29, 1.82) is 0 Å². The van der Waals surface area contributed by atoms with Gasteiger partial charge in [-0.1, -0.05) is 11.6 Å². The topological polar surface area (TPSA) is 130 Å². The first kappa shape index (κ1) is 27.1. The number of nitrogens with one attached hydrogen (secondary N) is 2. The number of aliphatic hydroxyl groups is 1. The molecular formula is C26H26ClN3O7S. The van der Waals surface area contributed by atoms with Crippen LogP contribution in [0.1, 0.15) is 0 Å². The molecule has 10 nitrogen and oxygen atoms in total. The fraction of sp³-hybridized carbons (Fsp3) is 0.192. The number of aliphatic hydroxyl groups excluding tert-OH is 1. The highest BCUT2D eigenvalue weighted by molar-refractivity contribution is 7.92. The van der Waals surface area contributed by atoms with E-state index in [1.807, 2.05) is 24.3 Å². The summed E-state index contributed by atoms with van der Waals surface area (Å²) in [7, 11) is -0.936. The molecule has 4 rings (SSSR count). The Hall–Kier alpha value is -3.93. The lowest BCUT2D eigenvalue weighted by atomic mass is 10.1. The van der Waals surface area contributed by atoms with Gasteiger partial charge in [0.25, 0.3) is 0 Å². The number of carbonyl (C=O) groups is 1. The Balaban J connectivity index is 1.81. The number of methoxy groups -OCH3 is 1. The molecule has 0 bridgehead atoms. The molecule has 0 aliphatic rings. The number of sulfonamides is 1. The molecule has 0 fully saturated rings. The molecule has 0 unspecified atom stereocenters. The Morgan fingerprint density at radius 2 is 1.71 bits per heavy atom. The molecule has 1 heterocycles. The molecule has 0 saturated heterocycles. The molecule has 1 amide bonds. The zero-order valence-electron chi connectivity index (χ0n) is 20.8. The van der Waals surface area contributed by atoms with Gasteiger partial charge in [-0.25, -0.2) is 13.2 Å². The van der Waals surface area contributed by atoms with Crippen LogP contribution in [-0.4, -0.2) is 53.2 Å². The number of benzene rings is 3.